The lowest BCUT2D eigenvalue weighted by Crippen LogP contribution is -2.28. The average molecular weight is 234 g/mol. The van der Waals surface area contributed by atoms with Crippen LogP contribution < -0.4 is 5.32 Å². The number of hydrogen-bond donors (Lipinski definition) is 1. The summed E-state index contributed by atoms with van der Waals surface area (Å²) in [6.07, 6.45) is 1.19. The van der Waals surface area contributed by atoms with Gasteiger partial charge in [-0.15, -0.1) is 0 Å². The summed E-state index contributed by atoms with van der Waals surface area (Å²) in [5.41, 5.74) is 2.54. The molecule has 0 aliphatic heterocycles. The van der Waals surface area contributed by atoms with Crippen molar-refractivity contribution in [2.45, 2.75) is 40.2 Å². The van der Waals surface area contributed by atoms with Gasteiger partial charge in [-0.05, 0) is 45.5 Å². The van der Waals surface area contributed by atoms with Crippen molar-refractivity contribution >= 4 is 5.69 Å². The van der Waals surface area contributed by atoms with Crippen LogP contribution >= 0.6 is 0 Å². The Balaban J connectivity index is 2.34. The van der Waals surface area contributed by atoms with Crippen LogP contribution in [-0.4, -0.2) is 30.6 Å². The summed E-state index contributed by atoms with van der Waals surface area (Å²) in [7, 11) is 0. The van der Waals surface area contributed by atoms with Crippen LogP contribution in [0.4, 0.5) is 5.69 Å². The highest BCUT2D eigenvalue weighted by atomic mass is 15.1. The molecular weight excluding hydrogens is 208 g/mol. The third kappa shape index (κ3) is 5.22. The molecule has 0 saturated heterocycles. The second kappa shape index (κ2) is 7.33. The van der Waals surface area contributed by atoms with Gasteiger partial charge >= 0.3 is 0 Å². The van der Waals surface area contributed by atoms with E-state index in [1.54, 1.807) is 0 Å². The van der Waals surface area contributed by atoms with E-state index < -0.39 is 0 Å². The second-order valence-corrected chi connectivity index (χ2v) is 4.73. The normalized spacial score (nSPS) is 12.8. The van der Waals surface area contributed by atoms with Gasteiger partial charge in [-0.2, -0.15) is 0 Å². The third-order valence-corrected chi connectivity index (χ3v) is 3.24. The van der Waals surface area contributed by atoms with E-state index >= 15 is 0 Å². The molecule has 0 fully saturated rings. The Morgan fingerprint density at radius 3 is 2.24 bits per heavy atom. The van der Waals surface area contributed by atoms with E-state index in [0.717, 1.165) is 13.1 Å². The summed E-state index contributed by atoms with van der Waals surface area (Å²) in [6.45, 7) is 12.3. The average Bonchev–Trinajstić information content (AvgIpc) is 2.33. The van der Waals surface area contributed by atoms with E-state index in [0.29, 0.717) is 6.04 Å². The van der Waals surface area contributed by atoms with Crippen LogP contribution in [0.25, 0.3) is 0 Å². The van der Waals surface area contributed by atoms with Crippen molar-refractivity contribution in [1.29, 1.82) is 0 Å². The van der Waals surface area contributed by atoms with E-state index in [9.17, 15) is 0 Å². The highest BCUT2D eigenvalue weighted by Gasteiger charge is 2.04. The number of anilines is 1. The van der Waals surface area contributed by atoms with Crippen LogP contribution in [-0.2, 0) is 0 Å². The highest BCUT2D eigenvalue weighted by molar-refractivity contribution is 5.44. The predicted molar refractivity (Wildman–Crippen MR) is 76.7 cm³/mol. The predicted octanol–water partition coefficient (Wildman–Crippen LogP) is 3.53. The van der Waals surface area contributed by atoms with Gasteiger partial charge in [-0.3, -0.25) is 0 Å². The topological polar surface area (TPSA) is 15.3 Å². The minimum Gasteiger partial charge on any atom is -0.383 e. The summed E-state index contributed by atoms with van der Waals surface area (Å²) >= 11 is 0. The second-order valence-electron chi connectivity index (χ2n) is 4.73. The van der Waals surface area contributed by atoms with Gasteiger partial charge in [-0.25, -0.2) is 0 Å². The minimum absolute atomic E-state index is 0.526. The van der Waals surface area contributed by atoms with Crippen LogP contribution in [0.1, 0.15) is 32.8 Å². The van der Waals surface area contributed by atoms with Gasteiger partial charge in [0, 0.05) is 18.3 Å². The lowest BCUT2D eigenvalue weighted by Gasteiger charge is -2.21. The SMILES string of the molecule is CCN(CC)CCC(C)Nc1ccc(C)cc1. The van der Waals surface area contributed by atoms with Crippen molar-refractivity contribution in [2.75, 3.05) is 25.0 Å². The van der Waals surface area contributed by atoms with E-state index in [2.05, 4.69) is 62.2 Å². The molecule has 0 saturated carbocycles. The summed E-state index contributed by atoms with van der Waals surface area (Å²) in [4.78, 5) is 2.47. The molecule has 0 radical (unpaired) electrons. The number of aryl methyl sites for hydroxylation is 1. The van der Waals surface area contributed by atoms with Crippen molar-refractivity contribution in [3.05, 3.63) is 29.8 Å². The molecule has 0 amide bonds. The Bertz CT molecular complexity index is 301. The Morgan fingerprint density at radius 2 is 1.71 bits per heavy atom. The standard InChI is InChI=1S/C15H26N2/c1-5-17(6-2)12-11-14(4)16-15-9-7-13(3)8-10-15/h7-10,14,16H,5-6,11-12H2,1-4H3. The molecule has 1 unspecified atom stereocenters. The molecular formula is C15H26N2. The van der Waals surface area contributed by atoms with Crippen molar-refractivity contribution in [3.8, 4) is 0 Å². The fraction of sp³-hybridized carbons (Fsp3) is 0.600. The van der Waals surface area contributed by atoms with Gasteiger partial charge in [-0.1, -0.05) is 31.5 Å². The van der Waals surface area contributed by atoms with Crippen LogP contribution in [0.5, 0.6) is 0 Å². The molecule has 1 aromatic carbocycles. The summed E-state index contributed by atoms with van der Waals surface area (Å²) in [5.74, 6) is 0. The van der Waals surface area contributed by atoms with Crippen LogP contribution in [0.2, 0.25) is 0 Å². The molecule has 1 N–H and O–H groups in total. The van der Waals surface area contributed by atoms with Crippen molar-refractivity contribution in [1.82, 2.24) is 4.90 Å². The summed E-state index contributed by atoms with van der Waals surface area (Å²) in [5, 5.41) is 3.55. The van der Waals surface area contributed by atoms with E-state index in [-0.39, 0.29) is 0 Å². The highest BCUT2D eigenvalue weighted by Crippen LogP contribution is 2.11. The van der Waals surface area contributed by atoms with Crippen LogP contribution in [0.15, 0.2) is 24.3 Å². The van der Waals surface area contributed by atoms with Crippen molar-refractivity contribution < 1.29 is 0 Å². The lowest BCUT2D eigenvalue weighted by atomic mass is 10.2. The van der Waals surface area contributed by atoms with Crippen LogP contribution in [0.3, 0.4) is 0 Å². The Labute approximate surface area is 106 Å². The summed E-state index contributed by atoms with van der Waals surface area (Å²) < 4.78 is 0. The quantitative estimate of drug-likeness (QED) is 0.776. The van der Waals surface area contributed by atoms with Gasteiger partial charge in [0.05, 0.1) is 0 Å². The number of nitrogens with one attached hydrogen (secondary N) is 1. The maximum Gasteiger partial charge on any atom is 0.0342 e. The molecule has 1 aromatic rings. The lowest BCUT2D eigenvalue weighted by molar-refractivity contribution is 0.295. The molecule has 2 heteroatoms. The number of hydrogen-bond acceptors (Lipinski definition) is 2. The summed E-state index contributed by atoms with van der Waals surface area (Å²) in [6, 6.07) is 9.14. The fourth-order valence-corrected chi connectivity index (χ4v) is 1.92. The first-order chi connectivity index (χ1) is 8.15. The van der Waals surface area contributed by atoms with Gasteiger partial charge in [0.15, 0.2) is 0 Å². The van der Waals surface area contributed by atoms with Crippen molar-refractivity contribution in [2.24, 2.45) is 0 Å². The molecule has 0 aliphatic carbocycles. The smallest absolute Gasteiger partial charge is 0.0342 e. The maximum atomic E-state index is 3.55. The van der Waals surface area contributed by atoms with Gasteiger partial charge in [0.1, 0.15) is 0 Å². The molecule has 1 atom stereocenters. The largest absolute Gasteiger partial charge is 0.383 e. The fourth-order valence-electron chi connectivity index (χ4n) is 1.92. The maximum absolute atomic E-state index is 3.55. The first-order valence-electron chi connectivity index (χ1n) is 6.71. The Hall–Kier alpha value is -1.02. The van der Waals surface area contributed by atoms with E-state index in [1.165, 1.54) is 24.2 Å². The zero-order valence-electron chi connectivity index (χ0n) is 11.7. The number of benzene rings is 1. The number of rotatable bonds is 7. The number of nitrogens with zero attached hydrogens (tertiary/aromatic N) is 1. The first kappa shape index (κ1) is 14.0. The molecule has 0 aliphatic rings. The molecule has 0 heterocycles. The molecule has 0 spiro atoms. The molecule has 17 heavy (non-hydrogen) atoms. The zero-order valence-corrected chi connectivity index (χ0v) is 11.7. The molecule has 2 nitrogen and oxygen atoms in total. The van der Waals surface area contributed by atoms with Gasteiger partial charge in [0.25, 0.3) is 0 Å². The molecule has 0 bridgehead atoms. The molecule has 96 valence electrons. The zero-order chi connectivity index (χ0) is 12.7. The Morgan fingerprint density at radius 1 is 1.12 bits per heavy atom. The van der Waals surface area contributed by atoms with Gasteiger partial charge < -0.3 is 10.2 Å². The third-order valence-electron chi connectivity index (χ3n) is 3.24. The monoisotopic (exact) mass is 234 g/mol. The van der Waals surface area contributed by atoms with E-state index in [1.807, 2.05) is 0 Å². The first-order valence-corrected chi connectivity index (χ1v) is 6.71. The van der Waals surface area contributed by atoms with Gasteiger partial charge in [0.2, 0.25) is 0 Å². The molecule has 0 aromatic heterocycles. The van der Waals surface area contributed by atoms with Crippen molar-refractivity contribution in [3.63, 3.8) is 0 Å². The van der Waals surface area contributed by atoms with Crippen LogP contribution in [0, 0.1) is 6.92 Å². The molecule has 1 rings (SSSR count). The Kier molecular flexibility index (Phi) is 6.06. The van der Waals surface area contributed by atoms with E-state index in [4.69, 9.17) is 0 Å². The minimum atomic E-state index is 0.526.